The number of hydrogen-bond acceptors (Lipinski definition) is 2. The fraction of sp³-hybridized carbons (Fsp3) is 1.00. The van der Waals surface area contributed by atoms with Gasteiger partial charge >= 0.3 is 0 Å². The van der Waals surface area contributed by atoms with Crippen molar-refractivity contribution in [3.8, 4) is 0 Å². The number of rotatable bonds is 1. The van der Waals surface area contributed by atoms with Gasteiger partial charge in [0.05, 0.1) is 0 Å². The lowest BCUT2D eigenvalue weighted by Gasteiger charge is -2.37. The van der Waals surface area contributed by atoms with Crippen LogP contribution in [-0.4, -0.2) is 36.1 Å². The van der Waals surface area contributed by atoms with Gasteiger partial charge in [0.1, 0.15) is 0 Å². The van der Waals surface area contributed by atoms with Crippen LogP contribution in [0.15, 0.2) is 0 Å². The minimum atomic E-state index is 0. The van der Waals surface area contributed by atoms with Crippen molar-refractivity contribution in [3.63, 3.8) is 0 Å². The van der Waals surface area contributed by atoms with E-state index in [9.17, 15) is 0 Å². The van der Waals surface area contributed by atoms with E-state index in [4.69, 9.17) is 0 Å². The minimum Gasteiger partial charge on any atom is -0.315 e. The Balaban J connectivity index is 0.000000980. The third-order valence-electron chi connectivity index (χ3n) is 3.71. The third kappa shape index (κ3) is 2.41. The molecule has 3 atom stereocenters. The molecule has 0 aromatic heterocycles. The lowest BCUT2D eigenvalue weighted by Crippen LogP contribution is -2.49. The van der Waals surface area contributed by atoms with E-state index < -0.39 is 0 Å². The van der Waals surface area contributed by atoms with Crippen molar-refractivity contribution >= 4 is 12.4 Å². The van der Waals surface area contributed by atoms with Crippen molar-refractivity contribution in [2.75, 3.05) is 13.1 Å². The lowest BCUT2D eigenvalue weighted by atomic mass is 10.0. The van der Waals surface area contributed by atoms with Crippen LogP contribution in [0, 0.1) is 0 Å². The van der Waals surface area contributed by atoms with Crippen LogP contribution in [0.5, 0.6) is 0 Å². The number of likely N-dealkylation sites (tertiary alicyclic amines) is 1. The predicted octanol–water partition coefficient (Wildman–Crippen LogP) is 2.03. The van der Waals surface area contributed by atoms with Crippen LogP contribution in [0.4, 0.5) is 0 Å². The van der Waals surface area contributed by atoms with Crippen LogP contribution in [0.25, 0.3) is 0 Å². The molecule has 0 aliphatic carbocycles. The Morgan fingerprint density at radius 3 is 2.21 bits per heavy atom. The van der Waals surface area contributed by atoms with Crippen molar-refractivity contribution in [1.82, 2.24) is 10.2 Å². The average Bonchev–Trinajstić information content (AvgIpc) is 2.48. The van der Waals surface area contributed by atoms with E-state index in [-0.39, 0.29) is 12.4 Å². The summed E-state index contributed by atoms with van der Waals surface area (Å²) in [4.78, 5) is 2.74. The fourth-order valence-electron chi connectivity index (χ4n) is 3.02. The first-order valence-electron chi connectivity index (χ1n) is 5.77. The van der Waals surface area contributed by atoms with Crippen molar-refractivity contribution < 1.29 is 0 Å². The SMILES string of the molecule is CC1CCC(C)N1C1CCCNC1.Cl. The summed E-state index contributed by atoms with van der Waals surface area (Å²) < 4.78 is 0. The van der Waals surface area contributed by atoms with Crippen LogP contribution >= 0.6 is 12.4 Å². The van der Waals surface area contributed by atoms with E-state index >= 15 is 0 Å². The summed E-state index contributed by atoms with van der Waals surface area (Å²) in [6.45, 7) is 7.22. The molecule has 0 spiro atoms. The zero-order valence-corrected chi connectivity index (χ0v) is 10.1. The highest BCUT2D eigenvalue weighted by Gasteiger charge is 2.33. The summed E-state index contributed by atoms with van der Waals surface area (Å²) in [6, 6.07) is 2.46. The molecule has 3 heteroatoms. The molecule has 0 aromatic carbocycles. The highest BCUT2D eigenvalue weighted by atomic mass is 35.5. The monoisotopic (exact) mass is 218 g/mol. The molecular weight excluding hydrogens is 196 g/mol. The van der Waals surface area contributed by atoms with Gasteiger partial charge in [-0.25, -0.2) is 0 Å². The Morgan fingerprint density at radius 2 is 1.71 bits per heavy atom. The van der Waals surface area contributed by atoms with Crippen molar-refractivity contribution in [3.05, 3.63) is 0 Å². The predicted molar refractivity (Wildman–Crippen MR) is 63.1 cm³/mol. The maximum Gasteiger partial charge on any atom is 0.0226 e. The first kappa shape index (κ1) is 12.3. The van der Waals surface area contributed by atoms with E-state index in [2.05, 4.69) is 24.1 Å². The summed E-state index contributed by atoms with van der Waals surface area (Å²) in [5.41, 5.74) is 0. The molecule has 2 saturated heterocycles. The zero-order valence-electron chi connectivity index (χ0n) is 9.33. The van der Waals surface area contributed by atoms with Crippen LogP contribution in [0.1, 0.15) is 39.5 Å². The van der Waals surface area contributed by atoms with Crippen molar-refractivity contribution in [2.45, 2.75) is 57.7 Å². The van der Waals surface area contributed by atoms with Crippen LogP contribution in [0.2, 0.25) is 0 Å². The number of halogens is 1. The molecular formula is C11H23ClN2. The molecule has 0 aromatic rings. The topological polar surface area (TPSA) is 15.3 Å². The van der Waals surface area contributed by atoms with Gasteiger partial charge in [0.15, 0.2) is 0 Å². The van der Waals surface area contributed by atoms with Gasteiger partial charge in [0.25, 0.3) is 0 Å². The summed E-state index contributed by atoms with van der Waals surface area (Å²) in [5.74, 6) is 0. The van der Waals surface area contributed by atoms with E-state index in [0.29, 0.717) is 0 Å². The molecule has 14 heavy (non-hydrogen) atoms. The van der Waals surface area contributed by atoms with Gasteiger partial charge in [-0.3, -0.25) is 4.90 Å². The smallest absolute Gasteiger partial charge is 0.0226 e. The second-order valence-corrected chi connectivity index (χ2v) is 4.72. The molecule has 0 bridgehead atoms. The van der Waals surface area contributed by atoms with E-state index in [1.54, 1.807) is 0 Å². The summed E-state index contributed by atoms with van der Waals surface area (Å²) in [5, 5.41) is 3.51. The van der Waals surface area contributed by atoms with Gasteiger partial charge in [0.2, 0.25) is 0 Å². The Kier molecular flexibility index (Phi) is 4.68. The second kappa shape index (κ2) is 5.34. The zero-order chi connectivity index (χ0) is 9.26. The Morgan fingerprint density at radius 1 is 1.07 bits per heavy atom. The molecule has 2 aliphatic rings. The van der Waals surface area contributed by atoms with Crippen LogP contribution in [-0.2, 0) is 0 Å². The third-order valence-corrected chi connectivity index (χ3v) is 3.71. The molecule has 0 saturated carbocycles. The molecule has 2 nitrogen and oxygen atoms in total. The average molecular weight is 219 g/mol. The van der Waals surface area contributed by atoms with Crippen LogP contribution in [0.3, 0.4) is 0 Å². The highest BCUT2D eigenvalue weighted by molar-refractivity contribution is 5.85. The first-order valence-corrected chi connectivity index (χ1v) is 5.77. The molecule has 2 heterocycles. The standard InChI is InChI=1S/C11H22N2.ClH/c1-9-5-6-10(2)13(9)11-4-3-7-12-8-11;/h9-12H,3-8H2,1-2H3;1H. The van der Waals surface area contributed by atoms with Gasteiger partial charge in [-0.2, -0.15) is 0 Å². The minimum absolute atomic E-state index is 0. The number of nitrogens with one attached hydrogen (secondary N) is 1. The van der Waals surface area contributed by atoms with Crippen LogP contribution < -0.4 is 5.32 Å². The molecule has 84 valence electrons. The summed E-state index contributed by atoms with van der Waals surface area (Å²) in [7, 11) is 0. The molecule has 2 fully saturated rings. The van der Waals surface area contributed by atoms with Gasteiger partial charge in [-0.15, -0.1) is 12.4 Å². The fourth-order valence-corrected chi connectivity index (χ4v) is 3.02. The van der Waals surface area contributed by atoms with E-state index in [1.165, 1.54) is 38.8 Å². The van der Waals surface area contributed by atoms with E-state index in [1.807, 2.05) is 0 Å². The second-order valence-electron chi connectivity index (χ2n) is 4.72. The van der Waals surface area contributed by atoms with Gasteiger partial charge in [0, 0.05) is 24.7 Å². The summed E-state index contributed by atoms with van der Waals surface area (Å²) >= 11 is 0. The molecule has 0 amide bonds. The normalized spacial score (nSPS) is 39.4. The maximum atomic E-state index is 3.51. The van der Waals surface area contributed by atoms with Crippen molar-refractivity contribution in [2.24, 2.45) is 0 Å². The number of nitrogens with zero attached hydrogens (tertiary/aromatic N) is 1. The Bertz CT molecular complexity index is 159. The Hall–Kier alpha value is 0.210. The first-order chi connectivity index (χ1) is 6.29. The molecule has 2 aliphatic heterocycles. The summed E-state index contributed by atoms with van der Waals surface area (Å²) in [6.07, 6.45) is 5.57. The van der Waals surface area contributed by atoms with Gasteiger partial charge in [-0.05, 0) is 46.1 Å². The van der Waals surface area contributed by atoms with E-state index in [0.717, 1.165) is 18.1 Å². The molecule has 1 N–H and O–H groups in total. The quantitative estimate of drug-likeness (QED) is 0.725. The highest BCUT2D eigenvalue weighted by Crippen LogP contribution is 2.28. The molecule has 0 radical (unpaired) electrons. The van der Waals surface area contributed by atoms with Gasteiger partial charge < -0.3 is 5.32 Å². The molecule has 3 unspecified atom stereocenters. The lowest BCUT2D eigenvalue weighted by molar-refractivity contribution is 0.122. The maximum absolute atomic E-state index is 3.51. The largest absolute Gasteiger partial charge is 0.315 e. The number of hydrogen-bond donors (Lipinski definition) is 1. The molecule has 2 rings (SSSR count). The van der Waals surface area contributed by atoms with Gasteiger partial charge in [-0.1, -0.05) is 0 Å². The number of piperidine rings is 1. The Labute approximate surface area is 93.8 Å². The van der Waals surface area contributed by atoms with Crippen molar-refractivity contribution in [1.29, 1.82) is 0 Å².